The van der Waals surface area contributed by atoms with Crippen molar-refractivity contribution in [2.24, 2.45) is 5.92 Å². The highest BCUT2D eigenvalue weighted by Gasteiger charge is 1.95. The zero-order valence-corrected chi connectivity index (χ0v) is 7.56. The minimum absolute atomic E-state index is 0.102. The normalized spacial score (nSPS) is 13.4. The van der Waals surface area contributed by atoms with E-state index in [4.69, 9.17) is 5.11 Å². The van der Waals surface area contributed by atoms with Crippen LogP contribution in [0.5, 0.6) is 0 Å². The van der Waals surface area contributed by atoms with Gasteiger partial charge in [-0.2, -0.15) is 0 Å². The fourth-order valence-electron chi connectivity index (χ4n) is 0.597. The average molecular weight is 184 g/mol. The van der Waals surface area contributed by atoms with Crippen molar-refractivity contribution in [3.05, 3.63) is 24.3 Å². The Bertz CT molecular complexity index is 240. The van der Waals surface area contributed by atoms with Gasteiger partial charge in [-0.25, -0.2) is 9.59 Å². The Labute approximate surface area is 76.5 Å². The molecule has 1 atom stereocenters. The van der Waals surface area contributed by atoms with E-state index >= 15 is 0 Å². The van der Waals surface area contributed by atoms with Crippen LogP contribution >= 0.6 is 0 Å². The molecule has 4 nitrogen and oxygen atoms in total. The van der Waals surface area contributed by atoms with Gasteiger partial charge in [0.15, 0.2) is 0 Å². The summed E-state index contributed by atoms with van der Waals surface area (Å²) >= 11 is 0. The van der Waals surface area contributed by atoms with Crippen molar-refractivity contribution in [3.8, 4) is 0 Å². The van der Waals surface area contributed by atoms with Crippen LogP contribution in [0.1, 0.15) is 6.92 Å². The highest BCUT2D eigenvalue weighted by atomic mass is 16.5. The van der Waals surface area contributed by atoms with E-state index in [-0.39, 0.29) is 5.92 Å². The predicted octanol–water partition coefficient (Wildman–Crippen LogP) is 0.992. The molecular weight excluding hydrogens is 172 g/mol. The smallest absolute Gasteiger partial charge is 0.330 e. The number of carbonyl (C=O) groups excluding carboxylic acids is 1. The second-order valence-corrected chi connectivity index (χ2v) is 2.44. The number of aliphatic carboxylic acids is 1. The molecule has 0 aromatic heterocycles. The minimum atomic E-state index is -1.00. The lowest BCUT2D eigenvalue weighted by Gasteiger charge is -1.95. The van der Waals surface area contributed by atoms with Gasteiger partial charge in [-0.05, 0) is 5.92 Å². The summed E-state index contributed by atoms with van der Waals surface area (Å²) in [5, 5.41) is 8.28. The number of ether oxygens (including phenoxy) is 1. The van der Waals surface area contributed by atoms with Gasteiger partial charge in [0, 0.05) is 12.2 Å². The lowest BCUT2D eigenvalue weighted by Crippen LogP contribution is -1.96. The maximum Gasteiger partial charge on any atom is 0.330 e. The molecule has 0 amide bonds. The monoisotopic (exact) mass is 184 g/mol. The van der Waals surface area contributed by atoms with Crippen LogP contribution in [-0.2, 0) is 14.3 Å². The summed E-state index contributed by atoms with van der Waals surface area (Å²) in [4.78, 5) is 20.7. The molecule has 0 spiro atoms. The van der Waals surface area contributed by atoms with Gasteiger partial charge in [0.1, 0.15) is 0 Å². The zero-order chi connectivity index (χ0) is 10.3. The van der Waals surface area contributed by atoms with Crippen LogP contribution in [0, 0.1) is 5.92 Å². The summed E-state index contributed by atoms with van der Waals surface area (Å²) in [6.45, 7) is 1.76. The minimum Gasteiger partial charge on any atom is -0.478 e. The quantitative estimate of drug-likeness (QED) is 0.522. The molecule has 0 saturated heterocycles. The van der Waals surface area contributed by atoms with E-state index in [1.54, 1.807) is 13.0 Å². The number of carboxylic acids is 1. The molecule has 0 aromatic carbocycles. The molecule has 0 rings (SSSR count). The number of carboxylic acid groups (broad SMARTS) is 1. The number of rotatable bonds is 4. The molecule has 13 heavy (non-hydrogen) atoms. The summed E-state index contributed by atoms with van der Waals surface area (Å²) in [6, 6.07) is 0. The maximum absolute atomic E-state index is 10.6. The topological polar surface area (TPSA) is 63.6 Å². The van der Waals surface area contributed by atoms with Crippen LogP contribution < -0.4 is 0 Å². The van der Waals surface area contributed by atoms with Crippen molar-refractivity contribution in [2.75, 3.05) is 7.11 Å². The number of carbonyl (C=O) groups is 2. The highest BCUT2D eigenvalue weighted by Crippen LogP contribution is 1.99. The van der Waals surface area contributed by atoms with E-state index in [0.717, 1.165) is 6.08 Å². The summed E-state index contributed by atoms with van der Waals surface area (Å²) in [7, 11) is 1.28. The molecule has 0 heterocycles. The van der Waals surface area contributed by atoms with Crippen molar-refractivity contribution in [3.63, 3.8) is 0 Å². The van der Waals surface area contributed by atoms with Gasteiger partial charge in [0.25, 0.3) is 0 Å². The first-order valence-electron chi connectivity index (χ1n) is 3.73. The Morgan fingerprint density at radius 2 is 1.85 bits per heavy atom. The number of methoxy groups -OCH3 is 1. The third-order valence-corrected chi connectivity index (χ3v) is 1.28. The molecule has 0 aliphatic carbocycles. The molecule has 0 aromatic rings. The molecule has 0 saturated carbocycles. The van der Waals surface area contributed by atoms with E-state index in [9.17, 15) is 9.59 Å². The second kappa shape index (κ2) is 5.99. The molecule has 0 aliphatic rings. The van der Waals surface area contributed by atoms with Gasteiger partial charge in [0.05, 0.1) is 7.11 Å². The first-order valence-corrected chi connectivity index (χ1v) is 3.73. The zero-order valence-electron chi connectivity index (χ0n) is 7.56. The van der Waals surface area contributed by atoms with Crippen LogP contribution in [0.15, 0.2) is 24.3 Å². The largest absolute Gasteiger partial charge is 0.478 e. The van der Waals surface area contributed by atoms with Crippen LogP contribution in [0.2, 0.25) is 0 Å². The summed E-state index contributed by atoms with van der Waals surface area (Å²) in [5.41, 5.74) is 0. The van der Waals surface area contributed by atoms with E-state index < -0.39 is 11.9 Å². The van der Waals surface area contributed by atoms with Crippen molar-refractivity contribution in [1.82, 2.24) is 0 Å². The van der Waals surface area contributed by atoms with Gasteiger partial charge in [-0.15, -0.1) is 0 Å². The maximum atomic E-state index is 10.6. The Morgan fingerprint density at radius 3 is 2.31 bits per heavy atom. The van der Waals surface area contributed by atoms with E-state index in [1.165, 1.54) is 19.3 Å². The van der Waals surface area contributed by atoms with Crippen LogP contribution in [-0.4, -0.2) is 24.2 Å². The molecule has 72 valence electrons. The number of esters is 1. The first kappa shape index (κ1) is 11.4. The summed E-state index contributed by atoms with van der Waals surface area (Å²) < 4.78 is 4.36. The Hall–Kier alpha value is -1.58. The van der Waals surface area contributed by atoms with E-state index in [2.05, 4.69) is 4.74 Å². The Balaban J connectivity index is 4.00. The molecule has 0 bridgehead atoms. The fraction of sp³-hybridized carbons (Fsp3) is 0.333. The van der Waals surface area contributed by atoms with Crippen LogP contribution in [0.3, 0.4) is 0 Å². The highest BCUT2D eigenvalue weighted by molar-refractivity contribution is 5.82. The lowest BCUT2D eigenvalue weighted by molar-refractivity contribution is -0.135. The van der Waals surface area contributed by atoms with E-state index in [1.807, 2.05) is 0 Å². The van der Waals surface area contributed by atoms with Gasteiger partial charge < -0.3 is 9.84 Å². The average Bonchev–Trinajstić information content (AvgIpc) is 2.10. The van der Waals surface area contributed by atoms with Crippen LogP contribution in [0.25, 0.3) is 0 Å². The predicted molar refractivity (Wildman–Crippen MR) is 47.1 cm³/mol. The van der Waals surface area contributed by atoms with Crippen molar-refractivity contribution >= 4 is 11.9 Å². The lowest BCUT2D eigenvalue weighted by atomic mass is 10.1. The van der Waals surface area contributed by atoms with Gasteiger partial charge in [0.2, 0.25) is 0 Å². The van der Waals surface area contributed by atoms with E-state index in [0.29, 0.717) is 0 Å². The molecular formula is C9H12O4. The summed E-state index contributed by atoms with van der Waals surface area (Å²) in [5.74, 6) is -1.55. The number of hydrogen-bond acceptors (Lipinski definition) is 3. The SMILES string of the molecule is COC(=O)C=CC(C)C=CC(=O)O. The Morgan fingerprint density at radius 1 is 1.31 bits per heavy atom. The van der Waals surface area contributed by atoms with Crippen molar-refractivity contribution < 1.29 is 19.4 Å². The van der Waals surface area contributed by atoms with Crippen molar-refractivity contribution in [2.45, 2.75) is 6.92 Å². The standard InChI is InChI=1S/C9H12O4/c1-7(3-5-8(10)11)4-6-9(12)13-2/h3-7H,1-2H3,(H,10,11). The number of hydrogen-bond donors (Lipinski definition) is 1. The summed E-state index contributed by atoms with van der Waals surface area (Å²) in [6.07, 6.45) is 5.33. The number of allylic oxidation sites excluding steroid dienone is 2. The fourth-order valence-corrected chi connectivity index (χ4v) is 0.597. The molecule has 0 radical (unpaired) electrons. The Kier molecular flexibility index (Phi) is 5.27. The van der Waals surface area contributed by atoms with Crippen LogP contribution in [0.4, 0.5) is 0 Å². The molecule has 1 unspecified atom stereocenters. The first-order chi connectivity index (χ1) is 6.06. The third-order valence-electron chi connectivity index (χ3n) is 1.28. The molecule has 0 fully saturated rings. The van der Waals surface area contributed by atoms with Crippen molar-refractivity contribution in [1.29, 1.82) is 0 Å². The van der Waals surface area contributed by atoms with Gasteiger partial charge in [-0.1, -0.05) is 19.1 Å². The molecule has 0 aliphatic heterocycles. The third kappa shape index (κ3) is 6.80. The van der Waals surface area contributed by atoms with Gasteiger partial charge in [-0.3, -0.25) is 0 Å². The molecule has 4 heteroatoms. The molecule has 1 N–H and O–H groups in total. The second-order valence-electron chi connectivity index (χ2n) is 2.44. The van der Waals surface area contributed by atoms with Gasteiger partial charge >= 0.3 is 11.9 Å².